The van der Waals surface area contributed by atoms with Crippen LogP contribution in [-0.2, 0) is 12.1 Å². The number of benzene rings is 3. The largest absolute Gasteiger partial charge is 0.483 e. The van der Waals surface area contributed by atoms with Crippen LogP contribution in [0.25, 0.3) is 6.08 Å². The van der Waals surface area contributed by atoms with Gasteiger partial charge in [-0.15, -0.1) is 10.2 Å². The molecule has 3 aromatic carbocycles. The van der Waals surface area contributed by atoms with Crippen molar-refractivity contribution in [3.05, 3.63) is 107 Å². The van der Waals surface area contributed by atoms with Crippen molar-refractivity contribution >= 4 is 11.9 Å². The number of ketones is 1. The van der Waals surface area contributed by atoms with E-state index in [0.717, 1.165) is 12.0 Å². The number of H-pyrrole nitrogens is 1. The summed E-state index contributed by atoms with van der Waals surface area (Å²) in [7, 11) is 0. The molecule has 0 bridgehead atoms. The van der Waals surface area contributed by atoms with Crippen molar-refractivity contribution in [2.24, 2.45) is 5.73 Å². The normalized spacial score (nSPS) is 17.2. The maximum absolute atomic E-state index is 13.0. The summed E-state index contributed by atoms with van der Waals surface area (Å²) in [4.78, 5) is 13.0. The number of aromatic nitrogens is 4. The monoisotopic (exact) mass is 439 g/mol. The SMILES string of the molecule is NC1(c2nn[nH]n2)COc2cccc(C(=O)C=Cc3ccc(Cc4ccccc4)cc3)c2O1. The number of fused-ring (bicyclic) bond motifs is 1. The van der Waals surface area contributed by atoms with Crippen LogP contribution in [0.1, 0.15) is 32.9 Å². The molecule has 3 N–H and O–H groups in total. The van der Waals surface area contributed by atoms with Crippen LogP contribution in [0.4, 0.5) is 0 Å². The second-order valence-electron chi connectivity index (χ2n) is 7.75. The summed E-state index contributed by atoms with van der Waals surface area (Å²) in [6, 6.07) is 23.5. The molecular weight excluding hydrogens is 418 g/mol. The lowest BCUT2D eigenvalue weighted by Crippen LogP contribution is -2.51. The molecule has 1 atom stereocenters. The quantitative estimate of drug-likeness (QED) is 0.350. The van der Waals surface area contributed by atoms with Gasteiger partial charge in [0.2, 0.25) is 5.82 Å². The van der Waals surface area contributed by atoms with Gasteiger partial charge in [-0.3, -0.25) is 10.5 Å². The fourth-order valence-electron chi connectivity index (χ4n) is 3.62. The minimum absolute atomic E-state index is 0.0116. The molecule has 1 unspecified atom stereocenters. The summed E-state index contributed by atoms with van der Waals surface area (Å²) in [5.74, 6) is 0.593. The summed E-state index contributed by atoms with van der Waals surface area (Å²) in [6.07, 6.45) is 4.14. The number of allylic oxidation sites excluding steroid dienone is 1. The standard InChI is InChI=1S/C25H21N5O3/c26-25(24-27-29-30-28-24)16-32-22-8-4-7-20(23(22)33-25)21(31)14-13-17-9-11-19(12-10-17)15-18-5-2-1-3-6-18/h1-14H,15-16,26H2,(H,27,28,29,30). The lowest BCUT2D eigenvalue weighted by Gasteiger charge is -2.33. The predicted octanol–water partition coefficient (Wildman–Crippen LogP) is 3.27. The van der Waals surface area contributed by atoms with E-state index in [1.165, 1.54) is 17.2 Å². The van der Waals surface area contributed by atoms with Gasteiger partial charge in [0.15, 0.2) is 17.3 Å². The summed E-state index contributed by atoms with van der Waals surface area (Å²) >= 11 is 0. The fraction of sp³-hybridized carbons (Fsp3) is 0.120. The predicted molar refractivity (Wildman–Crippen MR) is 122 cm³/mol. The van der Waals surface area contributed by atoms with Crippen molar-refractivity contribution in [3.8, 4) is 11.5 Å². The zero-order valence-corrected chi connectivity index (χ0v) is 17.6. The molecule has 164 valence electrons. The van der Waals surface area contributed by atoms with E-state index in [0.29, 0.717) is 11.3 Å². The molecule has 0 amide bonds. The van der Waals surface area contributed by atoms with Crippen molar-refractivity contribution in [2.75, 3.05) is 6.61 Å². The molecule has 0 radical (unpaired) electrons. The van der Waals surface area contributed by atoms with Gasteiger partial charge >= 0.3 is 0 Å². The Balaban J connectivity index is 1.33. The Morgan fingerprint density at radius 1 is 1.03 bits per heavy atom. The Morgan fingerprint density at radius 2 is 1.82 bits per heavy atom. The summed E-state index contributed by atoms with van der Waals surface area (Å²) in [5, 5.41) is 13.6. The second-order valence-corrected chi connectivity index (χ2v) is 7.75. The van der Waals surface area contributed by atoms with E-state index in [1.54, 1.807) is 24.3 Å². The summed E-state index contributed by atoms with van der Waals surface area (Å²) in [5.41, 5.74) is 8.54. The molecule has 33 heavy (non-hydrogen) atoms. The van der Waals surface area contributed by atoms with E-state index in [1.807, 2.05) is 30.3 Å². The molecule has 0 aliphatic carbocycles. The third kappa shape index (κ3) is 4.37. The minimum Gasteiger partial charge on any atom is -0.483 e. The molecule has 5 rings (SSSR count). The molecule has 1 aliphatic rings. The van der Waals surface area contributed by atoms with E-state index in [2.05, 4.69) is 44.9 Å². The average Bonchev–Trinajstić information content (AvgIpc) is 3.40. The Bertz CT molecular complexity index is 1290. The van der Waals surface area contributed by atoms with Gasteiger partial charge in [0.25, 0.3) is 5.72 Å². The highest BCUT2D eigenvalue weighted by Crippen LogP contribution is 2.39. The van der Waals surface area contributed by atoms with Crippen molar-refractivity contribution in [2.45, 2.75) is 12.1 Å². The Kier molecular flexibility index (Phi) is 5.42. The number of ether oxygens (including phenoxy) is 2. The van der Waals surface area contributed by atoms with Gasteiger partial charge in [-0.1, -0.05) is 66.7 Å². The van der Waals surface area contributed by atoms with Gasteiger partial charge < -0.3 is 9.47 Å². The van der Waals surface area contributed by atoms with Crippen molar-refractivity contribution in [3.63, 3.8) is 0 Å². The first-order valence-electron chi connectivity index (χ1n) is 10.4. The number of nitrogens with one attached hydrogen (secondary N) is 1. The lowest BCUT2D eigenvalue weighted by atomic mass is 10.0. The summed E-state index contributed by atoms with van der Waals surface area (Å²) in [6.45, 7) is -0.0116. The zero-order chi connectivity index (χ0) is 22.7. The fourth-order valence-corrected chi connectivity index (χ4v) is 3.62. The van der Waals surface area contributed by atoms with E-state index in [4.69, 9.17) is 15.2 Å². The highest BCUT2D eigenvalue weighted by atomic mass is 16.6. The number of rotatable bonds is 6. The van der Waals surface area contributed by atoms with Crippen LogP contribution in [0.15, 0.2) is 78.9 Å². The van der Waals surface area contributed by atoms with Crippen LogP contribution in [0.2, 0.25) is 0 Å². The van der Waals surface area contributed by atoms with Crippen LogP contribution < -0.4 is 15.2 Å². The second kappa shape index (κ2) is 8.68. The van der Waals surface area contributed by atoms with Crippen molar-refractivity contribution in [1.29, 1.82) is 0 Å². The van der Waals surface area contributed by atoms with Crippen LogP contribution in [-0.4, -0.2) is 33.0 Å². The van der Waals surface area contributed by atoms with Crippen LogP contribution >= 0.6 is 0 Å². The number of carbonyl (C=O) groups excluding carboxylic acids is 1. The number of nitrogens with two attached hydrogens (primary N) is 1. The maximum atomic E-state index is 13.0. The molecule has 1 aromatic heterocycles. The Hall–Kier alpha value is -4.30. The van der Waals surface area contributed by atoms with Crippen LogP contribution in [0.5, 0.6) is 11.5 Å². The molecule has 1 aliphatic heterocycles. The first kappa shape index (κ1) is 20.6. The third-order valence-electron chi connectivity index (χ3n) is 5.35. The van der Waals surface area contributed by atoms with Gasteiger partial charge in [-0.25, -0.2) is 0 Å². The van der Waals surface area contributed by atoms with Gasteiger partial charge in [0, 0.05) is 0 Å². The number of carbonyl (C=O) groups is 1. The number of aromatic amines is 1. The van der Waals surface area contributed by atoms with Gasteiger partial charge in [0.1, 0.15) is 6.61 Å². The van der Waals surface area contributed by atoms with Gasteiger partial charge in [-0.2, -0.15) is 5.21 Å². The molecule has 8 nitrogen and oxygen atoms in total. The number of hydrogen-bond acceptors (Lipinski definition) is 7. The molecule has 0 spiro atoms. The Morgan fingerprint density at radius 3 is 2.58 bits per heavy atom. The molecule has 0 saturated heterocycles. The van der Waals surface area contributed by atoms with Crippen LogP contribution in [0, 0.1) is 0 Å². The van der Waals surface area contributed by atoms with E-state index in [9.17, 15) is 4.79 Å². The molecule has 4 aromatic rings. The van der Waals surface area contributed by atoms with E-state index < -0.39 is 5.72 Å². The van der Waals surface area contributed by atoms with Crippen LogP contribution in [0.3, 0.4) is 0 Å². The number of hydrogen-bond donors (Lipinski definition) is 2. The molecule has 8 heteroatoms. The molecule has 0 saturated carbocycles. The van der Waals surface area contributed by atoms with Crippen molar-refractivity contribution in [1.82, 2.24) is 20.6 Å². The Labute approximate surface area is 190 Å². The first-order valence-corrected chi connectivity index (χ1v) is 10.4. The molecule has 0 fully saturated rings. The van der Waals surface area contributed by atoms with E-state index in [-0.39, 0.29) is 24.0 Å². The lowest BCUT2D eigenvalue weighted by molar-refractivity contribution is -0.0154. The highest BCUT2D eigenvalue weighted by Gasteiger charge is 2.41. The topological polar surface area (TPSA) is 116 Å². The van der Waals surface area contributed by atoms with Gasteiger partial charge in [-0.05, 0) is 46.5 Å². The number of para-hydroxylation sites is 1. The minimum atomic E-state index is -1.45. The summed E-state index contributed by atoms with van der Waals surface area (Å²) < 4.78 is 11.7. The third-order valence-corrected chi connectivity index (χ3v) is 5.35. The first-order chi connectivity index (χ1) is 16.1. The maximum Gasteiger partial charge on any atom is 0.257 e. The van der Waals surface area contributed by atoms with Gasteiger partial charge in [0.05, 0.1) is 5.56 Å². The highest BCUT2D eigenvalue weighted by molar-refractivity contribution is 6.09. The number of nitrogens with zero attached hydrogens (tertiary/aromatic N) is 3. The smallest absolute Gasteiger partial charge is 0.257 e. The van der Waals surface area contributed by atoms with E-state index >= 15 is 0 Å². The molecular formula is C25H21N5O3. The average molecular weight is 439 g/mol. The zero-order valence-electron chi connectivity index (χ0n) is 17.6. The van der Waals surface area contributed by atoms with Crippen molar-refractivity contribution < 1.29 is 14.3 Å². The molecule has 2 heterocycles. The number of tetrazole rings is 1.